The van der Waals surface area contributed by atoms with Crippen LogP contribution in [0.2, 0.25) is 0 Å². The third kappa shape index (κ3) is 5.50. The van der Waals surface area contributed by atoms with Crippen LogP contribution in [0.1, 0.15) is 12.0 Å². The van der Waals surface area contributed by atoms with Gasteiger partial charge in [0, 0.05) is 29.8 Å². The summed E-state index contributed by atoms with van der Waals surface area (Å²) in [6.07, 6.45) is 5.06. The van der Waals surface area contributed by atoms with Crippen molar-refractivity contribution in [2.75, 3.05) is 11.9 Å². The van der Waals surface area contributed by atoms with Crippen LogP contribution in [-0.2, 0) is 16.0 Å². The molecule has 0 saturated heterocycles. The number of carboxylic acids is 1. The number of rotatable bonds is 9. The van der Waals surface area contributed by atoms with Crippen LogP contribution >= 0.6 is 11.3 Å². The van der Waals surface area contributed by atoms with Crippen molar-refractivity contribution in [3.05, 3.63) is 96.5 Å². The first-order valence-corrected chi connectivity index (χ1v) is 12.8. The highest BCUT2D eigenvalue weighted by atomic mass is 32.1. The van der Waals surface area contributed by atoms with E-state index in [1.54, 1.807) is 30.5 Å². The van der Waals surface area contributed by atoms with Crippen LogP contribution in [0.25, 0.3) is 28.2 Å². The fraction of sp³-hybridized carbons (Fsp3) is 0.143. The molecule has 0 aliphatic rings. The summed E-state index contributed by atoms with van der Waals surface area (Å²) in [5, 5.41) is 19.5. The van der Waals surface area contributed by atoms with E-state index in [9.17, 15) is 14.7 Å². The molecule has 3 aromatic heterocycles. The lowest BCUT2D eigenvalue weighted by molar-refractivity contribution is -0.140. The van der Waals surface area contributed by atoms with E-state index in [-0.39, 0.29) is 12.3 Å². The molecule has 0 bridgehead atoms. The highest BCUT2D eigenvalue weighted by molar-refractivity contribution is 7.14. The average Bonchev–Trinajstić information content (AvgIpc) is 3.66. The molecule has 9 nitrogen and oxygen atoms in total. The molecule has 5 aromatic rings. The van der Waals surface area contributed by atoms with Gasteiger partial charge in [0.25, 0.3) is 0 Å². The van der Waals surface area contributed by atoms with Crippen molar-refractivity contribution in [3.8, 4) is 28.2 Å². The Morgan fingerprint density at radius 1 is 0.974 bits per heavy atom. The predicted molar refractivity (Wildman–Crippen MR) is 145 cm³/mol. The summed E-state index contributed by atoms with van der Waals surface area (Å²) in [5.74, 6) is -1.28. The summed E-state index contributed by atoms with van der Waals surface area (Å²) < 4.78 is 1.73. The minimum Gasteiger partial charge on any atom is -0.481 e. The van der Waals surface area contributed by atoms with Gasteiger partial charge in [-0.2, -0.15) is 0 Å². The van der Waals surface area contributed by atoms with Crippen molar-refractivity contribution in [1.29, 1.82) is 0 Å². The number of aliphatic carboxylic acids is 1. The Morgan fingerprint density at radius 3 is 2.37 bits per heavy atom. The van der Waals surface area contributed by atoms with Gasteiger partial charge >= 0.3 is 5.97 Å². The first-order valence-electron chi connectivity index (χ1n) is 11.9. The SMILES string of the molecule is CN(C(=O)[C@@H](CC(=O)O)Cc1ccccc1)c1nc(-c2ccccc2-c2ccc(-n3cnnc3)nc2)cs1. The van der Waals surface area contributed by atoms with E-state index in [1.807, 2.05) is 72.1 Å². The number of carbonyl (C=O) groups is 2. The molecule has 1 N–H and O–H groups in total. The Labute approximate surface area is 223 Å². The molecule has 2 aromatic carbocycles. The van der Waals surface area contributed by atoms with Crippen LogP contribution in [0.15, 0.2) is 91.0 Å². The number of hydrogen-bond acceptors (Lipinski definition) is 7. The Bertz CT molecular complexity index is 1530. The number of hydrogen-bond donors (Lipinski definition) is 1. The standard InChI is InChI=1S/C28H24N6O3S/c1-33(27(37)21(14-26(35)36)13-19-7-3-2-4-8-19)28-32-24(16-38-28)23-10-6-5-9-22(23)20-11-12-25(29-15-20)34-17-30-31-18-34/h2-12,15-18,21H,13-14H2,1H3,(H,35,36)/t21-/m1/s1. The summed E-state index contributed by atoms with van der Waals surface area (Å²) in [6, 6.07) is 21.2. The Hall–Kier alpha value is -4.70. The van der Waals surface area contributed by atoms with Gasteiger partial charge in [0.1, 0.15) is 18.5 Å². The van der Waals surface area contributed by atoms with Gasteiger partial charge in [-0.15, -0.1) is 21.5 Å². The van der Waals surface area contributed by atoms with E-state index >= 15 is 0 Å². The fourth-order valence-corrected chi connectivity index (χ4v) is 5.04. The van der Waals surface area contributed by atoms with Crippen LogP contribution in [0.3, 0.4) is 0 Å². The molecule has 0 saturated carbocycles. The van der Waals surface area contributed by atoms with Crippen molar-refractivity contribution < 1.29 is 14.7 Å². The lowest BCUT2D eigenvalue weighted by Crippen LogP contribution is -2.35. The molecule has 0 aliphatic carbocycles. The number of thiazole rings is 1. The number of anilines is 1. The molecule has 0 spiro atoms. The second kappa shape index (κ2) is 11.1. The van der Waals surface area contributed by atoms with E-state index in [4.69, 9.17) is 4.98 Å². The molecule has 190 valence electrons. The Morgan fingerprint density at radius 2 is 1.68 bits per heavy atom. The van der Waals surface area contributed by atoms with E-state index < -0.39 is 11.9 Å². The van der Waals surface area contributed by atoms with Crippen molar-refractivity contribution in [1.82, 2.24) is 24.7 Å². The number of nitrogens with zero attached hydrogens (tertiary/aromatic N) is 6. The number of pyridine rings is 1. The normalized spacial score (nSPS) is 11.7. The number of amides is 1. The maximum Gasteiger partial charge on any atom is 0.304 e. The molecule has 0 fully saturated rings. The van der Waals surface area contributed by atoms with Crippen LogP contribution < -0.4 is 4.90 Å². The first-order chi connectivity index (χ1) is 18.5. The van der Waals surface area contributed by atoms with Crippen LogP contribution in [0.5, 0.6) is 0 Å². The molecule has 1 amide bonds. The highest BCUT2D eigenvalue weighted by Gasteiger charge is 2.27. The van der Waals surface area contributed by atoms with E-state index in [0.29, 0.717) is 17.4 Å². The summed E-state index contributed by atoms with van der Waals surface area (Å²) >= 11 is 1.34. The Kier molecular flexibility index (Phi) is 7.32. The summed E-state index contributed by atoms with van der Waals surface area (Å²) in [5.41, 5.74) is 4.41. The zero-order valence-electron chi connectivity index (χ0n) is 20.5. The lowest BCUT2D eigenvalue weighted by Gasteiger charge is -2.21. The topological polar surface area (TPSA) is 114 Å². The van der Waals surface area contributed by atoms with Crippen LogP contribution in [0, 0.1) is 5.92 Å². The van der Waals surface area contributed by atoms with Gasteiger partial charge in [0.05, 0.1) is 18.0 Å². The third-order valence-corrected chi connectivity index (χ3v) is 7.07. The lowest BCUT2D eigenvalue weighted by atomic mass is 9.95. The number of carbonyl (C=O) groups excluding carboxylic acids is 1. The number of aromatic nitrogens is 5. The molecule has 10 heteroatoms. The number of carboxylic acid groups (broad SMARTS) is 1. The molecule has 1 atom stereocenters. The molecule has 0 aliphatic heterocycles. The van der Waals surface area contributed by atoms with Crippen LogP contribution in [0.4, 0.5) is 5.13 Å². The van der Waals surface area contributed by atoms with Gasteiger partial charge < -0.3 is 5.11 Å². The first kappa shape index (κ1) is 25.0. The maximum absolute atomic E-state index is 13.4. The van der Waals surface area contributed by atoms with Crippen LogP contribution in [-0.4, -0.2) is 48.8 Å². The van der Waals surface area contributed by atoms with E-state index in [0.717, 1.165) is 27.9 Å². The van der Waals surface area contributed by atoms with Gasteiger partial charge in [0.2, 0.25) is 5.91 Å². The molecule has 0 unspecified atom stereocenters. The minimum atomic E-state index is -1.01. The second-order valence-electron chi connectivity index (χ2n) is 8.72. The summed E-state index contributed by atoms with van der Waals surface area (Å²) in [6.45, 7) is 0. The average molecular weight is 525 g/mol. The van der Waals surface area contributed by atoms with E-state index in [2.05, 4.69) is 15.2 Å². The fourth-order valence-electron chi connectivity index (χ4n) is 4.24. The monoisotopic (exact) mass is 524 g/mol. The van der Waals surface area contributed by atoms with Gasteiger partial charge in [0.15, 0.2) is 5.13 Å². The molecule has 0 radical (unpaired) electrons. The molecule has 3 heterocycles. The summed E-state index contributed by atoms with van der Waals surface area (Å²) in [4.78, 5) is 35.6. The quantitative estimate of drug-likeness (QED) is 0.296. The zero-order valence-corrected chi connectivity index (χ0v) is 21.3. The van der Waals surface area contributed by atoms with Gasteiger partial charge in [-0.25, -0.2) is 9.97 Å². The molecule has 5 rings (SSSR count). The Balaban J connectivity index is 1.39. The van der Waals surface area contributed by atoms with Crippen molar-refractivity contribution >= 4 is 28.3 Å². The summed E-state index contributed by atoms with van der Waals surface area (Å²) in [7, 11) is 1.64. The van der Waals surface area contributed by atoms with Crippen molar-refractivity contribution in [3.63, 3.8) is 0 Å². The predicted octanol–water partition coefficient (Wildman–Crippen LogP) is 4.75. The number of benzene rings is 2. The van der Waals surface area contributed by atoms with Gasteiger partial charge in [-0.1, -0.05) is 54.6 Å². The highest BCUT2D eigenvalue weighted by Crippen LogP contribution is 2.35. The van der Waals surface area contributed by atoms with Crippen molar-refractivity contribution in [2.24, 2.45) is 5.92 Å². The largest absolute Gasteiger partial charge is 0.481 e. The van der Waals surface area contributed by atoms with E-state index in [1.165, 1.54) is 16.2 Å². The second-order valence-corrected chi connectivity index (χ2v) is 9.55. The molecule has 38 heavy (non-hydrogen) atoms. The maximum atomic E-state index is 13.4. The van der Waals surface area contributed by atoms with Gasteiger partial charge in [-0.3, -0.25) is 19.1 Å². The third-order valence-electron chi connectivity index (χ3n) is 6.15. The van der Waals surface area contributed by atoms with Gasteiger partial charge in [-0.05, 0) is 29.7 Å². The minimum absolute atomic E-state index is 0.253. The zero-order chi connectivity index (χ0) is 26.5. The molecular weight excluding hydrogens is 500 g/mol. The molecular formula is C28H24N6O3S. The smallest absolute Gasteiger partial charge is 0.304 e. The van der Waals surface area contributed by atoms with Crippen molar-refractivity contribution in [2.45, 2.75) is 12.8 Å².